The first-order valence-corrected chi connectivity index (χ1v) is 9.26. The standard InChI is InChI=1S/C20H20N4O3S/c25-19(11-6-16-4-2-1-3-5-16)21-20(28)23-14-12-22(13-15-23)17-7-9-18(10-8-17)24(26)27/h1-11H,12-15H2,(H,21,25,28). The molecule has 1 heterocycles. The number of benzene rings is 2. The van der Waals surface area contributed by atoms with E-state index in [1.165, 1.54) is 18.2 Å². The topological polar surface area (TPSA) is 78.7 Å². The van der Waals surface area contributed by atoms with E-state index in [9.17, 15) is 14.9 Å². The number of carbonyl (C=O) groups excluding carboxylic acids is 1. The van der Waals surface area contributed by atoms with Gasteiger partial charge in [0.2, 0.25) is 5.91 Å². The number of carbonyl (C=O) groups is 1. The van der Waals surface area contributed by atoms with Crippen LogP contribution < -0.4 is 10.2 Å². The van der Waals surface area contributed by atoms with Gasteiger partial charge in [0.05, 0.1) is 4.92 Å². The van der Waals surface area contributed by atoms with Gasteiger partial charge >= 0.3 is 0 Å². The Hall–Kier alpha value is -3.26. The highest BCUT2D eigenvalue weighted by Crippen LogP contribution is 2.20. The van der Waals surface area contributed by atoms with Gasteiger partial charge in [0.1, 0.15) is 0 Å². The maximum Gasteiger partial charge on any atom is 0.269 e. The van der Waals surface area contributed by atoms with Gasteiger partial charge in [-0.05, 0) is 36.0 Å². The maximum absolute atomic E-state index is 12.1. The molecule has 1 aliphatic rings. The van der Waals surface area contributed by atoms with E-state index in [1.807, 2.05) is 35.2 Å². The van der Waals surface area contributed by atoms with Crippen LogP contribution in [0.2, 0.25) is 0 Å². The number of nitro benzene ring substituents is 1. The van der Waals surface area contributed by atoms with E-state index in [0.29, 0.717) is 31.3 Å². The van der Waals surface area contributed by atoms with Crippen molar-refractivity contribution in [1.82, 2.24) is 10.2 Å². The summed E-state index contributed by atoms with van der Waals surface area (Å²) in [5, 5.41) is 13.9. The smallest absolute Gasteiger partial charge is 0.269 e. The fourth-order valence-corrected chi connectivity index (χ4v) is 3.20. The van der Waals surface area contributed by atoms with Crippen molar-refractivity contribution >= 4 is 40.7 Å². The third kappa shape index (κ3) is 5.14. The predicted octanol–water partition coefficient (Wildman–Crippen LogP) is 2.83. The summed E-state index contributed by atoms with van der Waals surface area (Å²) >= 11 is 5.35. The van der Waals surface area contributed by atoms with E-state index in [2.05, 4.69) is 10.2 Å². The summed E-state index contributed by atoms with van der Waals surface area (Å²) in [5.41, 5.74) is 1.96. The van der Waals surface area contributed by atoms with Crippen LogP contribution in [0.15, 0.2) is 60.7 Å². The van der Waals surface area contributed by atoms with Gasteiger partial charge in [0, 0.05) is 50.1 Å². The number of anilines is 1. The highest BCUT2D eigenvalue weighted by Gasteiger charge is 2.20. The fourth-order valence-electron chi connectivity index (χ4n) is 2.92. The molecular formula is C20H20N4O3S. The van der Waals surface area contributed by atoms with Crippen molar-refractivity contribution in [3.05, 3.63) is 76.4 Å². The molecular weight excluding hydrogens is 376 g/mol. The quantitative estimate of drug-likeness (QED) is 0.371. The van der Waals surface area contributed by atoms with Crippen LogP contribution >= 0.6 is 12.2 Å². The van der Waals surface area contributed by atoms with Crippen molar-refractivity contribution in [3.63, 3.8) is 0 Å². The van der Waals surface area contributed by atoms with Crippen molar-refractivity contribution in [1.29, 1.82) is 0 Å². The number of rotatable bonds is 4. The molecule has 7 nitrogen and oxygen atoms in total. The molecule has 0 aliphatic carbocycles. The van der Waals surface area contributed by atoms with Gasteiger partial charge in [0.25, 0.3) is 5.69 Å². The van der Waals surface area contributed by atoms with E-state index in [-0.39, 0.29) is 11.6 Å². The Balaban J connectivity index is 1.48. The second-order valence-electron chi connectivity index (χ2n) is 6.29. The molecule has 0 unspecified atom stereocenters. The van der Waals surface area contributed by atoms with Crippen molar-refractivity contribution in [2.45, 2.75) is 0 Å². The molecule has 1 fully saturated rings. The Kier molecular flexibility index (Phi) is 6.33. The number of nitrogens with one attached hydrogen (secondary N) is 1. The minimum absolute atomic E-state index is 0.0785. The van der Waals surface area contributed by atoms with Crippen LogP contribution in [-0.2, 0) is 4.79 Å². The first kappa shape index (κ1) is 19.5. The van der Waals surface area contributed by atoms with E-state index >= 15 is 0 Å². The Bertz CT molecular complexity index is 876. The zero-order valence-electron chi connectivity index (χ0n) is 15.2. The number of thiocarbonyl (C=S) groups is 1. The van der Waals surface area contributed by atoms with Crippen LogP contribution in [0.4, 0.5) is 11.4 Å². The van der Waals surface area contributed by atoms with E-state index in [1.54, 1.807) is 18.2 Å². The molecule has 0 saturated carbocycles. The van der Waals surface area contributed by atoms with Crippen molar-refractivity contribution in [2.24, 2.45) is 0 Å². The highest BCUT2D eigenvalue weighted by molar-refractivity contribution is 7.80. The first-order chi connectivity index (χ1) is 13.5. The third-order valence-electron chi connectivity index (χ3n) is 4.45. The lowest BCUT2D eigenvalue weighted by atomic mass is 10.2. The number of hydrogen-bond donors (Lipinski definition) is 1. The monoisotopic (exact) mass is 396 g/mol. The largest absolute Gasteiger partial charge is 0.368 e. The molecule has 0 bridgehead atoms. The molecule has 144 valence electrons. The molecule has 0 spiro atoms. The second kappa shape index (κ2) is 9.09. The summed E-state index contributed by atoms with van der Waals surface area (Å²) in [5.74, 6) is -0.258. The molecule has 0 aromatic heterocycles. The molecule has 8 heteroatoms. The van der Waals surface area contributed by atoms with Crippen LogP contribution in [0.5, 0.6) is 0 Å². The van der Waals surface area contributed by atoms with Gasteiger partial charge in [-0.3, -0.25) is 20.2 Å². The van der Waals surface area contributed by atoms with Gasteiger partial charge in [-0.2, -0.15) is 0 Å². The summed E-state index contributed by atoms with van der Waals surface area (Å²) in [6.07, 6.45) is 3.21. The Labute approximate surface area is 168 Å². The van der Waals surface area contributed by atoms with Gasteiger partial charge in [-0.15, -0.1) is 0 Å². The first-order valence-electron chi connectivity index (χ1n) is 8.85. The lowest BCUT2D eigenvalue weighted by Crippen LogP contribution is -2.52. The van der Waals surface area contributed by atoms with Crippen molar-refractivity contribution in [2.75, 3.05) is 31.1 Å². The third-order valence-corrected chi connectivity index (χ3v) is 4.81. The van der Waals surface area contributed by atoms with Crippen molar-refractivity contribution in [3.8, 4) is 0 Å². The number of piperazine rings is 1. The average molecular weight is 396 g/mol. The summed E-state index contributed by atoms with van der Waals surface area (Å²) in [6.45, 7) is 2.76. The predicted molar refractivity (Wildman–Crippen MR) is 113 cm³/mol. The number of nitrogens with zero attached hydrogens (tertiary/aromatic N) is 3. The minimum atomic E-state index is -0.408. The molecule has 2 aromatic carbocycles. The summed E-state index contributed by atoms with van der Waals surface area (Å²) in [6, 6.07) is 16.1. The van der Waals surface area contributed by atoms with Gasteiger partial charge in [-0.1, -0.05) is 30.3 Å². The molecule has 1 saturated heterocycles. The van der Waals surface area contributed by atoms with Crippen LogP contribution in [0.1, 0.15) is 5.56 Å². The number of nitro groups is 1. The molecule has 1 amide bonds. The van der Waals surface area contributed by atoms with E-state index in [4.69, 9.17) is 12.2 Å². The SMILES string of the molecule is O=C(C=Cc1ccccc1)NC(=S)N1CCN(c2ccc([N+](=O)[O-])cc2)CC1. The van der Waals surface area contributed by atoms with E-state index in [0.717, 1.165) is 11.3 Å². The lowest BCUT2D eigenvalue weighted by molar-refractivity contribution is -0.384. The second-order valence-corrected chi connectivity index (χ2v) is 6.67. The molecule has 0 radical (unpaired) electrons. The minimum Gasteiger partial charge on any atom is -0.368 e. The van der Waals surface area contributed by atoms with Crippen molar-refractivity contribution < 1.29 is 9.72 Å². The molecule has 2 aromatic rings. The summed E-state index contributed by atoms with van der Waals surface area (Å²) in [4.78, 5) is 26.5. The Morgan fingerprint density at radius 3 is 2.29 bits per heavy atom. The van der Waals surface area contributed by atoms with E-state index < -0.39 is 4.92 Å². The molecule has 1 N–H and O–H groups in total. The molecule has 28 heavy (non-hydrogen) atoms. The normalized spacial score (nSPS) is 14.1. The fraction of sp³-hybridized carbons (Fsp3) is 0.200. The number of amides is 1. The molecule has 3 rings (SSSR count). The molecule has 1 aliphatic heterocycles. The summed E-state index contributed by atoms with van der Waals surface area (Å²) < 4.78 is 0. The lowest BCUT2D eigenvalue weighted by Gasteiger charge is -2.37. The molecule has 0 atom stereocenters. The van der Waals surface area contributed by atoms with Crippen LogP contribution in [0, 0.1) is 10.1 Å². The van der Waals surface area contributed by atoms with Crippen LogP contribution in [0.3, 0.4) is 0 Å². The summed E-state index contributed by atoms with van der Waals surface area (Å²) in [7, 11) is 0. The zero-order chi connectivity index (χ0) is 19.9. The number of non-ortho nitro benzene ring substituents is 1. The number of hydrogen-bond acceptors (Lipinski definition) is 5. The Morgan fingerprint density at radius 1 is 1.04 bits per heavy atom. The zero-order valence-corrected chi connectivity index (χ0v) is 16.0. The van der Waals surface area contributed by atoms with Gasteiger partial charge < -0.3 is 9.80 Å². The van der Waals surface area contributed by atoms with Crippen LogP contribution in [-0.4, -0.2) is 47.0 Å². The van der Waals surface area contributed by atoms with Crippen LogP contribution in [0.25, 0.3) is 6.08 Å². The highest BCUT2D eigenvalue weighted by atomic mass is 32.1. The van der Waals surface area contributed by atoms with Gasteiger partial charge in [-0.25, -0.2) is 0 Å². The average Bonchev–Trinajstić information content (AvgIpc) is 2.73. The Morgan fingerprint density at radius 2 is 1.68 bits per heavy atom. The maximum atomic E-state index is 12.1. The van der Waals surface area contributed by atoms with Gasteiger partial charge in [0.15, 0.2) is 5.11 Å².